The Morgan fingerprint density at radius 2 is 1.86 bits per heavy atom. The van der Waals surface area contributed by atoms with E-state index in [9.17, 15) is 0 Å². The first-order valence-corrected chi connectivity index (χ1v) is 7.95. The molecule has 1 heterocycles. The van der Waals surface area contributed by atoms with Crippen molar-refractivity contribution in [2.45, 2.75) is 53.5 Å². The lowest BCUT2D eigenvalue weighted by atomic mass is 10.0. The van der Waals surface area contributed by atoms with Gasteiger partial charge in [-0.2, -0.15) is 5.10 Å². The van der Waals surface area contributed by atoms with Gasteiger partial charge >= 0.3 is 0 Å². The molecule has 0 amide bonds. The fourth-order valence-electron chi connectivity index (χ4n) is 2.72. The monoisotopic (exact) mass is 285 g/mol. The van der Waals surface area contributed by atoms with Crippen molar-refractivity contribution in [2.24, 2.45) is 0 Å². The van der Waals surface area contributed by atoms with Crippen molar-refractivity contribution >= 4 is 0 Å². The molecule has 0 saturated heterocycles. The van der Waals surface area contributed by atoms with Crippen molar-refractivity contribution in [1.82, 2.24) is 15.1 Å². The summed E-state index contributed by atoms with van der Waals surface area (Å²) in [7, 11) is 0. The summed E-state index contributed by atoms with van der Waals surface area (Å²) in [6.45, 7) is 11.8. The Bertz CT molecular complexity index is 599. The number of aryl methyl sites for hydroxylation is 1. The summed E-state index contributed by atoms with van der Waals surface area (Å²) in [5.74, 6) is 0. The van der Waals surface area contributed by atoms with Gasteiger partial charge in [-0.1, -0.05) is 32.0 Å². The number of hydrogen-bond donors (Lipinski definition) is 1. The van der Waals surface area contributed by atoms with E-state index in [2.05, 4.69) is 68.9 Å². The maximum Gasteiger partial charge on any atom is 0.0696 e. The van der Waals surface area contributed by atoms with Gasteiger partial charge in [0, 0.05) is 11.7 Å². The first-order valence-electron chi connectivity index (χ1n) is 7.95. The molecule has 1 aromatic carbocycles. The summed E-state index contributed by atoms with van der Waals surface area (Å²) in [6.07, 6.45) is 2.23. The van der Waals surface area contributed by atoms with E-state index in [0.29, 0.717) is 6.04 Å². The van der Waals surface area contributed by atoms with Crippen molar-refractivity contribution in [2.75, 3.05) is 6.54 Å². The highest BCUT2D eigenvalue weighted by molar-refractivity contribution is 5.45. The van der Waals surface area contributed by atoms with E-state index in [1.54, 1.807) is 0 Å². The Kier molecular flexibility index (Phi) is 5.18. The highest BCUT2D eigenvalue weighted by Crippen LogP contribution is 2.26. The number of aromatic nitrogens is 2. The zero-order valence-electron chi connectivity index (χ0n) is 13.9. The van der Waals surface area contributed by atoms with Crippen LogP contribution in [0.5, 0.6) is 0 Å². The van der Waals surface area contributed by atoms with Crippen LogP contribution in [0.3, 0.4) is 0 Å². The predicted molar refractivity (Wildman–Crippen MR) is 89.1 cm³/mol. The van der Waals surface area contributed by atoms with Gasteiger partial charge in [-0.25, -0.2) is 4.68 Å². The van der Waals surface area contributed by atoms with Gasteiger partial charge in [0.1, 0.15) is 0 Å². The van der Waals surface area contributed by atoms with Crippen LogP contribution in [0.25, 0.3) is 5.69 Å². The van der Waals surface area contributed by atoms with E-state index in [1.165, 1.54) is 22.5 Å². The minimum Gasteiger partial charge on any atom is -0.310 e. The van der Waals surface area contributed by atoms with Crippen molar-refractivity contribution in [3.05, 3.63) is 46.8 Å². The van der Waals surface area contributed by atoms with Gasteiger partial charge in [-0.05, 0) is 57.4 Å². The van der Waals surface area contributed by atoms with Gasteiger partial charge in [0.25, 0.3) is 0 Å². The summed E-state index contributed by atoms with van der Waals surface area (Å²) in [5, 5.41) is 8.37. The Balaban J connectivity index is 2.47. The standard InChI is InChI=1S/C18H27N3/c1-6-12-19-17(7-2)16-10-8-9-11-18(16)21-15(5)13(3)14(4)20-21/h8-11,17,19H,6-7,12H2,1-5H3. The van der Waals surface area contributed by atoms with E-state index in [0.717, 1.165) is 25.1 Å². The van der Waals surface area contributed by atoms with Gasteiger partial charge < -0.3 is 5.32 Å². The highest BCUT2D eigenvalue weighted by atomic mass is 15.3. The van der Waals surface area contributed by atoms with E-state index >= 15 is 0 Å². The van der Waals surface area contributed by atoms with Gasteiger partial charge in [0.2, 0.25) is 0 Å². The first-order chi connectivity index (χ1) is 10.1. The lowest BCUT2D eigenvalue weighted by Gasteiger charge is -2.21. The molecule has 3 heteroatoms. The molecule has 3 nitrogen and oxygen atoms in total. The zero-order valence-corrected chi connectivity index (χ0v) is 13.9. The van der Waals surface area contributed by atoms with Crippen molar-refractivity contribution < 1.29 is 0 Å². The average Bonchev–Trinajstić information content (AvgIpc) is 2.76. The smallest absolute Gasteiger partial charge is 0.0696 e. The van der Waals surface area contributed by atoms with Crippen LogP contribution in [0.4, 0.5) is 0 Å². The maximum absolute atomic E-state index is 4.73. The van der Waals surface area contributed by atoms with Crippen molar-refractivity contribution in [3.8, 4) is 5.69 Å². The van der Waals surface area contributed by atoms with Crippen LogP contribution in [0.1, 0.15) is 55.2 Å². The minimum atomic E-state index is 0.380. The lowest BCUT2D eigenvalue weighted by molar-refractivity contribution is 0.515. The fraction of sp³-hybridized carbons (Fsp3) is 0.500. The predicted octanol–water partition coefficient (Wildman–Crippen LogP) is 4.25. The molecule has 0 saturated carbocycles. The van der Waals surface area contributed by atoms with Gasteiger partial charge in [-0.15, -0.1) is 0 Å². The highest BCUT2D eigenvalue weighted by Gasteiger charge is 2.16. The third-order valence-corrected chi connectivity index (χ3v) is 4.24. The summed E-state index contributed by atoms with van der Waals surface area (Å²) >= 11 is 0. The van der Waals surface area contributed by atoms with Crippen LogP contribution < -0.4 is 5.32 Å². The molecule has 0 bridgehead atoms. The molecule has 1 aromatic heterocycles. The maximum atomic E-state index is 4.73. The van der Waals surface area contributed by atoms with Gasteiger partial charge in [-0.3, -0.25) is 0 Å². The summed E-state index contributed by atoms with van der Waals surface area (Å²) in [4.78, 5) is 0. The molecule has 1 atom stereocenters. The molecule has 0 aliphatic carbocycles. The van der Waals surface area contributed by atoms with Crippen LogP contribution in [-0.2, 0) is 0 Å². The molecule has 2 aromatic rings. The van der Waals surface area contributed by atoms with Crippen LogP contribution in [0.2, 0.25) is 0 Å². The molecule has 0 fully saturated rings. The molecular weight excluding hydrogens is 258 g/mol. The Morgan fingerprint density at radius 3 is 2.43 bits per heavy atom. The number of benzene rings is 1. The third-order valence-electron chi connectivity index (χ3n) is 4.24. The van der Waals surface area contributed by atoms with Crippen molar-refractivity contribution in [1.29, 1.82) is 0 Å². The minimum absolute atomic E-state index is 0.380. The van der Waals surface area contributed by atoms with Gasteiger partial charge in [0.05, 0.1) is 11.4 Å². The van der Waals surface area contributed by atoms with Crippen LogP contribution in [0, 0.1) is 20.8 Å². The van der Waals surface area contributed by atoms with E-state index in [4.69, 9.17) is 5.10 Å². The molecule has 0 spiro atoms. The SMILES string of the molecule is CCCNC(CC)c1ccccc1-n1nc(C)c(C)c1C. The molecule has 21 heavy (non-hydrogen) atoms. The largest absolute Gasteiger partial charge is 0.310 e. The topological polar surface area (TPSA) is 29.9 Å². The molecule has 1 N–H and O–H groups in total. The molecule has 0 aliphatic heterocycles. The van der Waals surface area contributed by atoms with Gasteiger partial charge in [0.15, 0.2) is 0 Å². The Morgan fingerprint density at radius 1 is 1.14 bits per heavy atom. The number of hydrogen-bond acceptors (Lipinski definition) is 2. The molecule has 2 rings (SSSR count). The average molecular weight is 285 g/mol. The lowest BCUT2D eigenvalue weighted by Crippen LogP contribution is -2.23. The number of nitrogens with zero attached hydrogens (tertiary/aromatic N) is 2. The van der Waals surface area contributed by atoms with E-state index < -0.39 is 0 Å². The molecule has 114 valence electrons. The van der Waals surface area contributed by atoms with Crippen LogP contribution in [0.15, 0.2) is 24.3 Å². The number of rotatable bonds is 6. The quantitative estimate of drug-likeness (QED) is 0.860. The first kappa shape index (κ1) is 15.8. The number of para-hydroxylation sites is 1. The molecule has 0 aliphatic rings. The normalized spacial score (nSPS) is 12.6. The summed E-state index contributed by atoms with van der Waals surface area (Å²) in [5.41, 5.74) is 6.14. The summed E-state index contributed by atoms with van der Waals surface area (Å²) in [6, 6.07) is 8.98. The van der Waals surface area contributed by atoms with E-state index in [1.807, 2.05) is 0 Å². The Labute approximate surface area is 128 Å². The fourth-order valence-corrected chi connectivity index (χ4v) is 2.72. The third kappa shape index (κ3) is 3.18. The van der Waals surface area contributed by atoms with Crippen molar-refractivity contribution in [3.63, 3.8) is 0 Å². The second-order valence-electron chi connectivity index (χ2n) is 5.68. The van der Waals surface area contributed by atoms with Crippen LogP contribution in [-0.4, -0.2) is 16.3 Å². The van der Waals surface area contributed by atoms with E-state index in [-0.39, 0.29) is 0 Å². The second-order valence-corrected chi connectivity index (χ2v) is 5.68. The number of nitrogens with one attached hydrogen (secondary N) is 1. The second kappa shape index (κ2) is 6.90. The Hall–Kier alpha value is -1.61. The zero-order chi connectivity index (χ0) is 15.4. The van der Waals surface area contributed by atoms with Crippen LogP contribution >= 0.6 is 0 Å². The molecule has 0 radical (unpaired) electrons. The molecular formula is C18H27N3. The molecule has 1 unspecified atom stereocenters. The summed E-state index contributed by atoms with van der Waals surface area (Å²) < 4.78 is 2.09.